The molecule has 0 spiro atoms. The van der Waals surface area contributed by atoms with Gasteiger partial charge in [0, 0.05) is 18.5 Å². The lowest BCUT2D eigenvalue weighted by molar-refractivity contribution is -0.0948. The Labute approximate surface area is 355 Å². The van der Waals surface area contributed by atoms with Crippen LogP contribution >= 0.6 is 0 Å². The van der Waals surface area contributed by atoms with E-state index in [1.807, 2.05) is 78.9 Å². The molecule has 2 N–H and O–H groups in total. The van der Waals surface area contributed by atoms with Crippen LogP contribution in [0, 0.1) is 0 Å². The minimum atomic E-state index is -1.23. The highest BCUT2D eigenvalue weighted by Gasteiger charge is 2.49. The molecule has 0 aliphatic carbocycles. The quantitative estimate of drug-likeness (QED) is 0.0903. The topological polar surface area (TPSA) is 143 Å². The molecule has 0 amide bonds. The van der Waals surface area contributed by atoms with Crippen molar-refractivity contribution in [3.05, 3.63) is 201 Å². The molecular formula is C50H43N5O7. The molecule has 7 aromatic carbocycles. The van der Waals surface area contributed by atoms with Crippen molar-refractivity contribution in [3.63, 3.8) is 0 Å². The van der Waals surface area contributed by atoms with Gasteiger partial charge in [0.2, 0.25) is 0 Å². The molecule has 12 nitrogen and oxygen atoms in total. The molecular weight excluding hydrogens is 783 g/mol. The van der Waals surface area contributed by atoms with Crippen LogP contribution in [0.25, 0.3) is 32.3 Å². The van der Waals surface area contributed by atoms with Gasteiger partial charge in [0.05, 0.1) is 26.5 Å². The second-order valence-electron chi connectivity index (χ2n) is 15.6. The van der Waals surface area contributed by atoms with Crippen molar-refractivity contribution >= 4 is 32.3 Å². The van der Waals surface area contributed by atoms with Crippen molar-refractivity contribution in [2.24, 2.45) is 0 Å². The maximum atomic E-state index is 13.3. The number of hydrogen-bond acceptors (Lipinski definition) is 9. The smallest absolute Gasteiger partial charge is 0.330 e. The standard InChI is InChI=1S/C50H43N5O7/c1-59-39-22-17-36(18-23-39)50(35-9-4-3-5-10-35,37-19-24-40(60-2)25-20-37)61-30-42-47(57)46(48(62-42)54-28-27-43(56)51-49(54)58)55-29-38(52-53-55)21-15-31-11-12-34-14-13-32-7-6-8-33-16-26-41(31)45(34)44(32)33/h3-14,16-20,22-29,42,46-48,57H,15,21,30H2,1-2H3,(H,51,56,58)/t42-,46?,47?,48-/m0/s1. The molecule has 62 heavy (non-hydrogen) atoms. The third-order valence-electron chi connectivity index (χ3n) is 12.2. The lowest BCUT2D eigenvalue weighted by Crippen LogP contribution is -2.39. The molecule has 3 heterocycles. The van der Waals surface area contributed by atoms with E-state index in [2.05, 4.69) is 69.9 Å². The number of hydrogen-bond donors (Lipinski definition) is 2. The van der Waals surface area contributed by atoms with Crippen LogP contribution in [0.4, 0.5) is 0 Å². The molecule has 9 aromatic rings. The van der Waals surface area contributed by atoms with Gasteiger partial charge in [-0.25, -0.2) is 9.48 Å². The van der Waals surface area contributed by atoms with Crippen LogP contribution in [0.15, 0.2) is 162 Å². The van der Waals surface area contributed by atoms with Crippen LogP contribution < -0.4 is 20.7 Å². The molecule has 12 heteroatoms. The summed E-state index contributed by atoms with van der Waals surface area (Å²) < 4.78 is 27.6. The zero-order valence-corrected chi connectivity index (χ0v) is 34.1. The number of methoxy groups -OCH3 is 2. The van der Waals surface area contributed by atoms with Crippen LogP contribution in [0.2, 0.25) is 0 Å². The van der Waals surface area contributed by atoms with E-state index in [4.69, 9.17) is 18.9 Å². The summed E-state index contributed by atoms with van der Waals surface area (Å²) in [6.45, 7) is -0.116. The predicted molar refractivity (Wildman–Crippen MR) is 236 cm³/mol. The predicted octanol–water partition coefficient (Wildman–Crippen LogP) is 7.34. The molecule has 10 rings (SSSR count). The van der Waals surface area contributed by atoms with E-state index in [1.165, 1.54) is 54.7 Å². The van der Waals surface area contributed by atoms with E-state index in [9.17, 15) is 14.7 Å². The first kappa shape index (κ1) is 39.0. The largest absolute Gasteiger partial charge is 0.497 e. The highest BCUT2D eigenvalue weighted by atomic mass is 16.6. The van der Waals surface area contributed by atoms with E-state index >= 15 is 0 Å². The van der Waals surface area contributed by atoms with Crippen LogP contribution in [0.5, 0.6) is 11.5 Å². The highest BCUT2D eigenvalue weighted by molar-refractivity contribution is 6.23. The molecule has 0 radical (unpaired) electrons. The van der Waals surface area contributed by atoms with Crippen molar-refractivity contribution in [2.75, 3.05) is 20.8 Å². The Bertz CT molecular complexity index is 3060. The number of aryl methyl sites for hydroxylation is 2. The van der Waals surface area contributed by atoms with Crippen LogP contribution in [-0.4, -0.2) is 62.7 Å². The van der Waals surface area contributed by atoms with Crippen molar-refractivity contribution < 1.29 is 24.1 Å². The zero-order chi connectivity index (χ0) is 42.4. The van der Waals surface area contributed by atoms with E-state index in [1.54, 1.807) is 25.1 Å². The summed E-state index contributed by atoms with van der Waals surface area (Å²) >= 11 is 0. The van der Waals surface area contributed by atoms with Gasteiger partial charge in [-0.1, -0.05) is 114 Å². The molecule has 4 atom stereocenters. The molecule has 1 saturated heterocycles. The third kappa shape index (κ3) is 6.78. The van der Waals surface area contributed by atoms with Gasteiger partial charge in [0.1, 0.15) is 35.3 Å². The van der Waals surface area contributed by atoms with E-state index in [0.717, 1.165) is 16.7 Å². The summed E-state index contributed by atoms with van der Waals surface area (Å²) in [4.78, 5) is 27.9. The molecule has 1 fully saturated rings. The Kier molecular flexibility index (Phi) is 10.1. The fourth-order valence-electron chi connectivity index (χ4n) is 9.14. The fourth-order valence-corrected chi connectivity index (χ4v) is 9.14. The SMILES string of the molecule is COc1ccc(C(OC[C@@H]2O[C@H](n3ccc(=O)[nH]c3=O)C(n3cc(CCc4ccc5ccc6cccc7ccc4c5c67)nn3)C2O)(c2ccccc2)c2ccc(OC)cc2)cc1. The van der Waals surface area contributed by atoms with Crippen molar-refractivity contribution in [3.8, 4) is 11.5 Å². The normalized spacial score (nSPS) is 17.9. The van der Waals surface area contributed by atoms with Crippen LogP contribution in [0.1, 0.15) is 40.2 Å². The summed E-state index contributed by atoms with van der Waals surface area (Å²) in [6.07, 6.45) is 1.16. The van der Waals surface area contributed by atoms with Gasteiger partial charge in [-0.05, 0) is 91.7 Å². The molecule has 2 unspecified atom stereocenters. The fraction of sp³-hybridized carbons (Fsp3) is 0.200. The first-order valence-electron chi connectivity index (χ1n) is 20.5. The first-order valence-corrected chi connectivity index (χ1v) is 20.5. The van der Waals surface area contributed by atoms with Crippen molar-refractivity contribution in [1.29, 1.82) is 0 Å². The van der Waals surface area contributed by atoms with Gasteiger partial charge >= 0.3 is 5.69 Å². The highest BCUT2D eigenvalue weighted by Crippen LogP contribution is 2.44. The minimum Gasteiger partial charge on any atom is -0.497 e. The maximum absolute atomic E-state index is 13.3. The van der Waals surface area contributed by atoms with E-state index < -0.39 is 41.3 Å². The first-order chi connectivity index (χ1) is 30.3. The Morgan fingerprint density at radius 2 is 1.34 bits per heavy atom. The van der Waals surface area contributed by atoms with Crippen molar-refractivity contribution in [1.82, 2.24) is 24.5 Å². The number of nitrogens with zero attached hydrogens (tertiary/aromatic N) is 4. The number of H-pyrrole nitrogens is 1. The minimum absolute atomic E-state index is 0.116. The zero-order valence-electron chi connectivity index (χ0n) is 34.1. The van der Waals surface area contributed by atoms with Gasteiger partial charge < -0.3 is 24.1 Å². The molecule has 2 aromatic heterocycles. The molecule has 310 valence electrons. The number of benzene rings is 7. The van der Waals surface area contributed by atoms with Gasteiger partial charge in [0.25, 0.3) is 5.56 Å². The van der Waals surface area contributed by atoms with Gasteiger partial charge in [-0.3, -0.25) is 14.3 Å². The Morgan fingerprint density at radius 3 is 2.00 bits per heavy atom. The lowest BCUT2D eigenvalue weighted by atomic mass is 9.80. The maximum Gasteiger partial charge on any atom is 0.330 e. The van der Waals surface area contributed by atoms with Gasteiger partial charge in [-0.2, -0.15) is 0 Å². The third-order valence-corrected chi connectivity index (χ3v) is 12.2. The summed E-state index contributed by atoms with van der Waals surface area (Å²) in [5.41, 5.74) is 1.90. The lowest BCUT2D eigenvalue weighted by Gasteiger charge is -2.37. The summed E-state index contributed by atoms with van der Waals surface area (Å²) in [7, 11) is 3.23. The number of rotatable bonds is 13. The second kappa shape index (κ2) is 16.1. The van der Waals surface area contributed by atoms with Crippen molar-refractivity contribution in [2.45, 2.75) is 42.9 Å². The average Bonchev–Trinajstić information content (AvgIpc) is 3.91. The number of ether oxygens (including phenoxy) is 4. The summed E-state index contributed by atoms with van der Waals surface area (Å²) in [6, 6.07) is 44.9. The van der Waals surface area contributed by atoms with Gasteiger partial charge in [-0.15, -0.1) is 5.10 Å². The average molecular weight is 826 g/mol. The second-order valence-corrected chi connectivity index (χ2v) is 15.6. The summed E-state index contributed by atoms with van der Waals surface area (Å²) in [5.74, 6) is 1.36. The number of aromatic nitrogens is 5. The molecule has 1 aliphatic rings. The Hall–Kier alpha value is -7.12. The number of nitrogens with one attached hydrogen (secondary N) is 1. The molecule has 1 aliphatic heterocycles. The Balaban J connectivity index is 0.983. The molecule has 0 bridgehead atoms. The number of aliphatic hydroxyl groups excluding tert-OH is 1. The monoisotopic (exact) mass is 825 g/mol. The van der Waals surface area contributed by atoms with E-state index in [-0.39, 0.29) is 6.61 Å². The Morgan fingerprint density at radius 1 is 0.710 bits per heavy atom. The van der Waals surface area contributed by atoms with Gasteiger partial charge in [0.15, 0.2) is 6.23 Å². The van der Waals surface area contributed by atoms with Crippen LogP contribution in [0.3, 0.4) is 0 Å². The molecule has 0 saturated carbocycles. The summed E-state index contributed by atoms with van der Waals surface area (Å²) in [5, 5.41) is 28.7. The van der Waals surface area contributed by atoms with Crippen LogP contribution in [-0.2, 0) is 27.9 Å². The number of aliphatic hydroxyl groups is 1. The number of aromatic amines is 1. The van der Waals surface area contributed by atoms with E-state index in [0.29, 0.717) is 30.0 Å².